The summed E-state index contributed by atoms with van der Waals surface area (Å²) < 4.78 is 90.2. The Balaban J connectivity index is -0.000000674. The first-order valence-electron chi connectivity index (χ1n) is 15.1. The minimum atomic E-state index is -4.79. The molecule has 2 aliphatic carbocycles. The first-order valence-corrected chi connectivity index (χ1v) is 15.1. The maximum absolute atomic E-state index is 12.8. The van der Waals surface area contributed by atoms with Crippen LogP contribution in [-0.4, -0.2) is 99.7 Å². The molecule has 2 saturated carbocycles. The molecular formula is C31H51F6N3O13. The van der Waals surface area contributed by atoms with Crippen LogP contribution in [0.2, 0.25) is 0 Å². The summed E-state index contributed by atoms with van der Waals surface area (Å²) in [5.41, 5.74) is -6.16. The van der Waals surface area contributed by atoms with Gasteiger partial charge in [0, 0.05) is 12.8 Å². The van der Waals surface area contributed by atoms with Crippen molar-refractivity contribution in [1.29, 1.82) is 0 Å². The Bertz CT molecular complexity index is 1260. The standard InChI is InChI=1S/C11H18F3NO4.C10H14F3NO4.C4H5NO2.C4H6O3.2CH4/c1-9(2,3)19-8(18)15-6(7(16)17)10(4,5)11(12,13)14;1-9(2,10(11,12)13)6(7(15)16)14-8(17)18-5-3-4-5;6-3-1-2-4(7)5-3;5-4(6)7-3-1-2-3;;/h6H,1-5H3,(H,15,18)(H,16,17);5-6H,3-4H2,1-2H3,(H,14,17)(H,15,16);1-2H2,(H,5,6,7);3H,1-2H2,(H,5,6);2*1H4/t2*6-;;;;/m11..../s1. The zero-order chi connectivity index (χ0) is 40.3. The van der Waals surface area contributed by atoms with Crippen LogP contribution in [0.15, 0.2) is 0 Å². The lowest BCUT2D eigenvalue weighted by Gasteiger charge is -2.34. The van der Waals surface area contributed by atoms with Crippen molar-refractivity contribution < 1.29 is 89.4 Å². The number of hydrogen-bond acceptors (Lipinski definition) is 10. The highest BCUT2D eigenvalue weighted by molar-refractivity contribution is 6.01. The van der Waals surface area contributed by atoms with E-state index in [1.54, 1.807) is 10.6 Å². The summed E-state index contributed by atoms with van der Waals surface area (Å²) >= 11 is 0. The maximum Gasteiger partial charge on any atom is 0.506 e. The molecule has 1 aliphatic heterocycles. The minimum absolute atomic E-state index is 0. The van der Waals surface area contributed by atoms with Gasteiger partial charge in [-0.25, -0.2) is 24.0 Å². The highest BCUT2D eigenvalue weighted by atomic mass is 19.4. The van der Waals surface area contributed by atoms with Crippen molar-refractivity contribution in [3.05, 3.63) is 0 Å². The summed E-state index contributed by atoms with van der Waals surface area (Å²) in [6, 6.07) is -4.23. The van der Waals surface area contributed by atoms with Crippen LogP contribution in [-0.2, 0) is 33.4 Å². The molecule has 6 N–H and O–H groups in total. The number of hydrogen-bond donors (Lipinski definition) is 6. The highest BCUT2D eigenvalue weighted by Gasteiger charge is 2.57. The number of amides is 4. The molecule has 1 heterocycles. The number of imide groups is 1. The van der Waals surface area contributed by atoms with Crippen LogP contribution in [0.1, 0.15) is 102 Å². The van der Waals surface area contributed by atoms with E-state index in [9.17, 15) is 59.9 Å². The molecule has 0 aromatic rings. The average molecular weight is 788 g/mol. The van der Waals surface area contributed by atoms with Crippen molar-refractivity contribution in [1.82, 2.24) is 16.0 Å². The molecule has 16 nitrogen and oxygen atoms in total. The molecule has 3 aliphatic rings. The zero-order valence-electron chi connectivity index (χ0n) is 28.7. The predicted molar refractivity (Wildman–Crippen MR) is 173 cm³/mol. The smallest absolute Gasteiger partial charge is 0.480 e. The molecular weight excluding hydrogens is 736 g/mol. The van der Waals surface area contributed by atoms with E-state index in [2.05, 4.69) is 14.8 Å². The van der Waals surface area contributed by atoms with Crippen LogP contribution in [0.5, 0.6) is 0 Å². The third kappa shape index (κ3) is 20.3. The molecule has 0 aromatic heterocycles. The van der Waals surface area contributed by atoms with Gasteiger partial charge in [-0.3, -0.25) is 14.9 Å². The first kappa shape index (κ1) is 52.8. The lowest BCUT2D eigenvalue weighted by molar-refractivity contribution is -0.223. The number of carboxylic acids is 2. The second kappa shape index (κ2) is 20.6. The van der Waals surface area contributed by atoms with Gasteiger partial charge in [0.2, 0.25) is 11.8 Å². The Hall–Kier alpha value is -4.53. The van der Waals surface area contributed by atoms with Gasteiger partial charge in [-0.15, -0.1) is 0 Å². The number of carboxylic acid groups (broad SMARTS) is 3. The number of carbonyl (C=O) groups is 7. The molecule has 0 aromatic carbocycles. The molecule has 0 unspecified atom stereocenters. The number of alkyl carbamates (subject to hydrolysis) is 2. The second-order valence-corrected chi connectivity index (χ2v) is 13.4. The maximum atomic E-state index is 12.8. The summed E-state index contributed by atoms with van der Waals surface area (Å²) in [7, 11) is 0. The van der Waals surface area contributed by atoms with Gasteiger partial charge < -0.3 is 40.2 Å². The molecule has 3 rings (SSSR count). The molecule has 53 heavy (non-hydrogen) atoms. The molecule has 0 bridgehead atoms. The van der Waals surface area contributed by atoms with E-state index in [-0.39, 0.29) is 38.9 Å². The molecule has 4 amide bonds. The largest absolute Gasteiger partial charge is 0.506 e. The molecule has 310 valence electrons. The van der Waals surface area contributed by atoms with Crippen LogP contribution in [0, 0.1) is 10.8 Å². The Kier molecular flexibility index (Phi) is 20.6. The normalized spacial score (nSPS) is 16.5. The van der Waals surface area contributed by atoms with E-state index in [0.29, 0.717) is 53.4 Å². The number of rotatable bonds is 8. The molecule has 0 spiro atoms. The quantitative estimate of drug-likeness (QED) is 0.0716. The molecule has 3 fully saturated rings. The Labute approximate surface area is 302 Å². The van der Waals surface area contributed by atoms with Crippen molar-refractivity contribution in [3.8, 4) is 0 Å². The number of carbonyl (C=O) groups excluding carboxylic acids is 4. The van der Waals surface area contributed by atoms with Crippen molar-refractivity contribution >= 4 is 42.1 Å². The van der Waals surface area contributed by atoms with Gasteiger partial charge in [0.25, 0.3) is 0 Å². The van der Waals surface area contributed by atoms with Crippen LogP contribution in [0.25, 0.3) is 0 Å². The molecule has 2 atom stereocenters. The van der Waals surface area contributed by atoms with Crippen molar-refractivity contribution in [2.45, 2.75) is 144 Å². The van der Waals surface area contributed by atoms with Crippen LogP contribution < -0.4 is 16.0 Å². The summed E-state index contributed by atoms with van der Waals surface area (Å²) in [5, 5.41) is 31.2. The third-order valence-electron chi connectivity index (χ3n) is 6.77. The fraction of sp³-hybridized carbons (Fsp3) is 0.774. The van der Waals surface area contributed by atoms with Gasteiger partial charge in [0.15, 0.2) is 0 Å². The van der Waals surface area contributed by atoms with Gasteiger partial charge in [-0.1, -0.05) is 14.9 Å². The predicted octanol–water partition coefficient (Wildman–Crippen LogP) is 6.01. The molecule has 22 heteroatoms. The van der Waals surface area contributed by atoms with E-state index in [1.165, 1.54) is 20.8 Å². The summed E-state index contributed by atoms with van der Waals surface area (Å²) in [6.45, 7) is 7.35. The van der Waals surface area contributed by atoms with E-state index in [4.69, 9.17) is 20.1 Å². The van der Waals surface area contributed by atoms with E-state index in [0.717, 1.165) is 12.8 Å². The van der Waals surface area contributed by atoms with E-state index >= 15 is 0 Å². The van der Waals surface area contributed by atoms with Crippen molar-refractivity contribution in [2.75, 3.05) is 0 Å². The average Bonchev–Trinajstić information content (AvgIpc) is 3.85. The third-order valence-corrected chi connectivity index (χ3v) is 6.77. The van der Waals surface area contributed by atoms with Gasteiger partial charge in [0.1, 0.15) is 29.9 Å². The summed E-state index contributed by atoms with van der Waals surface area (Å²) in [4.78, 5) is 74.3. The van der Waals surface area contributed by atoms with Crippen molar-refractivity contribution in [3.63, 3.8) is 0 Å². The van der Waals surface area contributed by atoms with Crippen LogP contribution >= 0.6 is 0 Å². The Morgan fingerprint density at radius 1 is 0.642 bits per heavy atom. The second-order valence-electron chi connectivity index (χ2n) is 13.4. The lowest BCUT2D eigenvalue weighted by atomic mass is 9.83. The number of aliphatic carboxylic acids is 2. The highest BCUT2D eigenvalue weighted by Crippen LogP contribution is 2.41. The SMILES string of the molecule is C.C.CC(C)(C)OC(=O)N[C@H](C(=O)O)C(C)(C)C(F)(F)F.CC(C)([C@H](NC(=O)OC1CC1)C(=O)O)C(F)(F)F.O=C(O)OC1CC1.O=C1CCC(=O)N1. The van der Waals surface area contributed by atoms with E-state index < -0.39 is 71.1 Å². The van der Waals surface area contributed by atoms with Gasteiger partial charge >= 0.3 is 42.6 Å². The monoisotopic (exact) mass is 787 g/mol. The van der Waals surface area contributed by atoms with Gasteiger partial charge in [0.05, 0.1) is 10.8 Å². The topological polar surface area (TPSA) is 244 Å². The summed E-state index contributed by atoms with van der Waals surface area (Å²) in [5.74, 6) is -3.84. The zero-order valence-corrected chi connectivity index (χ0v) is 28.7. The fourth-order valence-electron chi connectivity index (χ4n) is 3.18. The fourth-order valence-corrected chi connectivity index (χ4v) is 3.18. The van der Waals surface area contributed by atoms with Gasteiger partial charge in [-0.2, -0.15) is 26.3 Å². The van der Waals surface area contributed by atoms with Crippen LogP contribution in [0.3, 0.4) is 0 Å². The minimum Gasteiger partial charge on any atom is -0.480 e. The van der Waals surface area contributed by atoms with E-state index in [1.807, 2.05) is 0 Å². The Morgan fingerprint density at radius 3 is 1.17 bits per heavy atom. The lowest BCUT2D eigenvalue weighted by Crippen LogP contribution is -2.56. The summed E-state index contributed by atoms with van der Waals surface area (Å²) in [6.07, 6.45) is -9.47. The number of alkyl halides is 6. The number of ether oxygens (including phenoxy) is 3. The van der Waals surface area contributed by atoms with Crippen molar-refractivity contribution in [2.24, 2.45) is 10.8 Å². The number of halogens is 6. The molecule has 0 radical (unpaired) electrons. The van der Waals surface area contributed by atoms with Gasteiger partial charge in [-0.05, 0) is 74.1 Å². The molecule has 1 saturated heterocycles. The first-order chi connectivity index (χ1) is 22.8. The Morgan fingerprint density at radius 2 is 0.962 bits per heavy atom. The number of nitrogens with one attached hydrogen (secondary N) is 3. The van der Waals surface area contributed by atoms with Crippen LogP contribution in [0.4, 0.5) is 40.7 Å².